The van der Waals surface area contributed by atoms with E-state index in [1.54, 1.807) is 9.80 Å². The Labute approximate surface area is 318 Å². The van der Waals surface area contributed by atoms with E-state index >= 15 is 0 Å². The third-order valence-electron chi connectivity index (χ3n) is 10.00. The number of ether oxygens (including phenoxy) is 2. The van der Waals surface area contributed by atoms with Gasteiger partial charge in [-0.2, -0.15) is 0 Å². The fourth-order valence-electron chi connectivity index (χ4n) is 6.95. The van der Waals surface area contributed by atoms with Crippen LogP contribution in [0.5, 0.6) is 0 Å². The molecule has 0 saturated carbocycles. The number of benzene rings is 4. The Morgan fingerprint density at radius 3 is 1.53 bits per heavy atom. The van der Waals surface area contributed by atoms with Gasteiger partial charge in [-0.15, -0.1) is 6.58 Å². The summed E-state index contributed by atoms with van der Waals surface area (Å²) in [6, 6.07) is 35.8. The maximum atomic E-state index is 12.9. The summed E-state index contributed by atoms with van der Waals surface area (Å²) < 4.78 is 14.0. The van der Waals surface area contributed by atoms with Crippen LogP contribution in [0.4, 0.5) is 9.59 Å². The minimum Gasteiger partial charge on any atom is -0.438 e. The van der Waals surface area contributed by atoms with Crippen molar-refractivity contribution in [3.63, 3.8) is 0 Å². The van der Waals surface area contributed by atoms with Gasteiger partial charge in [0.15, 0.2) is 0 Å². The smallest absolute Gasteiger partial charge is 0.411 e. The Kier molecular flexibility index (Phi) is 13.2. The van der Waals surface area contributed by atoms with Crippen molar-refractivity contribution in [2.45, 2.75) is 69.2 Å². The number of amides is 2. The van der Waals surface area contributed by atoms with Crippen LogP contribution in [-0.4, -0.2) is 46.8 Å². The second-order valence-electron chi connectivity index (χ2n) is 13.1. The first-order chi connectivity index (χ1) is 24.6. The van der Waals surface area contributed by atoms with E-state index in [1.807, 2.05) is 129 Å². The lowest BCUT2D eigenvalue weighted by Crippen LogP contribution is -2.48. The Morgan fingerprint density at radius 1 is 0.706 bits per heavy atom. The van der Waals surface area contributed by atoms with Gasteiger partial charge in [-0.1, -0.05) is 123 Å². The minimum absolute atomic E-state index is 0.0295. The van der Waals surface area contributed by atoms with Crippen LogP contribution in [0.3, 0.4) is 0 Å². The lowest BCUT2D eigenvalue weighted by Gasteiger charge is -2.43. The van der Waals surface area contributed by atoms with Crippen molar-refractivity contribution < 1.29 is 24.2 Å². The molecule has 0 spiro atoms. The van der Waals surface area contributed by atoms with Gasteiger partial charge in [0.1, 0.15) is 11.2 Å². The van der Waals surface area contributed by atoms with E-state index in [-0.39, 0.29) is 30.9 Å². The molecule has 0 unspecified atom stereocenters. The van der Waals surface area contributed by atoms with E-state index in [9.17, 15) is 14.7 Å². The normalized spacial score (nSPS) is 21.4. The van der Waals surface area contributed by atoms with E-state index in [1.165, 1.54) is 0 Å². The maximum absolute atomic E-state index is 12.9. The number of carbonyl (C=O) groups excluding carboxylic acids is 2. The summed E-state index contributed by atoms with van der Waals surface area (Å²) in [5, 5.41) is 9.28. The molecule has 4 aromatic carbocycles. The number of hydrogen-bond acceptors (Lipinski definition) is 5. The molecular weight excluding hydrogens is 772 g/mol. The zero-order valence-electron chi connectivity index (χ0n) is 29.2. The van der Waals surface area contributed by atoms with Crippen molar-refractivity contribution in [1.29, 1.82) is 0 Å². The fourth-order valence-corrected chi connectivity index (χ4v) is 7.48. The number of rotatable bonds is 11. The standard InChI is InChI=1S/C21H24BrNO3.C21H22BrNO2/c1-16(17-8-10-19(22)11-9-17)23-14-13-21(12-5-15-24,26-20(23)25)18-6-3-2-4-7-18;1-3-13-21(18-7-5-4-6-8-18)14-15-23(20(24)25-21)16(2)17-9-11-19(22)12-10-17/h2-4,6-11,16,24H,5,12-15H2,1H3;3-12,16H,1,13-15H2,2H3/t2*16-,21+/m00/s1. The average Bonchev–Trinajstić information content (AvgIpc) is 3.15. The molecule has 2 heterocycles. The molecule has 0 aromatic heterocycles. The molecule has 2 aliphatic heterocycles. The van der Waals surface area contributed by atoms with Gasteiger partial charge in [0.2, 0.25) is 0 Å². The molecule has 1 N–H and O–H groups in total. The molecule has 51 heavy (non-hydrogen) atoms. The van der Waals surface area contributed by atoms with Crippen molar-refractivity contribution in [2.75, 3.05) is 19.7 Å². The summed E-state index contributed by atoms with van der Waals surface area (Å²) in [5.41, 5.74) is 2.92. The Morgan fingerprint density at radius 2 is 1.12 bits per heavy atom. The van der Waals surface area contributed by atoms with Crippen molar-refractivity contribution in [2.24, 2.45) is 0 Å². The summed E-state index contributed by atoms with van der Waals surface area (Å²) in [6.07, 6.45) is 4.56. The van der Waals surface area contributed by atoms with E-state index in [0.29, 0.717) is 38.8 Å². The van der Waals surface area contributed by atoms with Crippen LogP contribution in [0, 0.1) is 0 Å². The van der Waals surface area contributed by atoms with Crippen LogP contribution < -0.4 is 0 Å². The van der Waals surface area contributed by atoms with Crippen LogP contribution >= 0.6 is 31.9 Å². The molecule has 0 radical (unpaired) electrons. The van der Waals surface area contributed by atoms with Crippen molar-refractivity contribution in [3.05, 3.63) is 153 Å². The summed E-state index contributed by atoms with van der Waals surface area (Å²) in [5.74, 6) is 0. The van der Waals surface area contributed by atoms with Gasteiger partial charge in [-0.3, -0.25) is 0 Å². The van der Waals surface area contributed by atoms with E-state index in [0.717, 1.165) is 37.6 Å². The molecular formula is C42H46Br2N2O5. The van der Waals surface area contributed by atoms with E-state index in [2.05, 4.69) is 38.4 Å². The first-order valence-corrected chi connectivity index (χ1v) is 19.0. The van der Waals surface area contributed by atoms with Crippen molar-refractivity contribution >= 4 is 44.0 Å². The molecule has 4 aromatic rings. The van der Waals surface area contributed by atoms with E-state index in [4.69, 9.17) is 9.47 Å². The predicted octanol–water partition coefficient (Wildman–Crippen LogP) is 10.8. The maximum Gasteiger partial charge on any atom is 0.411 e. The number of nitrogens with zero attached hydrogens (tertiary/aromatic N) is 2. The first-order valence-electron chi connectivity index (χ1n) is 17.4. The number of aliphatic hydroxyl groups is 1. The molecule has 9 heteroatoms. The van der Waals surface area contributed by atoms with Gasteiger partial charge in [0.05, 0.1) is 12.1 Å². The van der Waals surface area contributed by atoms with Gasteiger partial charge in [-0.05, 0) is 73.2 Å². The minimum atomic E-state index is -0.656. The summed E-state index contributed by atoms with van der Waals surface area (Å²) in [6.45, 7) is 9.27. The zero-order valence-corrected chi connectivity index (χ0v) is 32.4. The Bertz CT molecular complexity index is 1740. The van der Waals surface area contributed by atoms with Crippen LogP contribution in [-0.2, 0) is 20.7 Å². The van der Waals surface area contributed by atoms with Crippen molar-refractivity contribution in [1.82, 2.24) is 9.80 Å². The van der Waals surface area contributed by atoms with Gasteiger partial charge >= 0.3 is 12.2 Å². The lowest BCUT2D eigenvalue weighted by atomic mass is 9.84. The molecule has 2 amide bonds. The number of aliphatic hydroxyl groups excluding tert-OH is 1. The molecule has 2 saturated heterocycles. The van der Waals surface area contributed by atoms with Crippen LogP contribution in [0.1, 0.15) is 80.3 Å². The first kappa shape index (κ1) is 38.3. The molecule has 2 fully saturated rings. The number of halogens is 2. The molecule has 6 rings (SSSR count). The van der Waals surface area contributed by atoms with Gasteiger partial charge in [0.25, 0.3) is 0 Å². The van der Waals surface area contributed by atoms with Gasteiger partial charge < -0.3 is 24.4 Å². The highest BCUT2D eigenvalue weighted by Gasteiger charge is 2.44. The molecule has 268 valence electrons. The van der Waals surface area contributed by atoms with Crippen LogP contribution in [0.15, 0.2) is 131 Å². The fraction of sp³-hybridized carbons (Fsp3) is 0.333. The third-order valence-corrected chi connectivity index (χ3v) is 11.1. The highest BCUT2D eigenvalue weighted by Crippen LogP contribution is 2.41. The number of cyclic esters (lactones) is 2. The predicted molar refractivity (Wildman–Crippen MR) is 208 cm³/mol. The summed E-state index contributed by atoms with van der Waals surface area (Å²) in [7, 11) is 0. The van der Waals surface area contributed by atoms with Gasteiger partial charge in [0, 0.05) is 47.9 Å². The monoisotopic (exact) mass is 816 g/mol. The number of hydrogen-bond donors (Lipinski definition) is 1. The Balaban J connectivity index is 0.000000198. The third kappa shape index (κ3) is 9.12. The highest BCUT2D eigenvalue weighted by molar-refractivity contribution is 9.10. The molecule has 7 nitrogen and oxygen atoms in total. The molecule has 0 aliphatic carbocycles. The highest BCUT2D eigenvalue weighted by atomic mass is 79.9. The molecule has 2 aliphatic rings. The molecule has 0 bridgehead atoms. The lowest BCUT2D eigenvalue weighted by molar-refractivity contribution is -0.0680. The SMILES string of the molecule is C=CC[C@]1(c2ccccc2)CCN([C@@H](C)c2ccc(Br)cc2)C(=O)O1.C[C@@H](c1ccc(Br)cc1)N1CC[C@](CCCO)(c2ccccc2)OC1=O. The Hall–Kier alpha value is -3.92. The van der Waals surface area contributed by atoms with Crippen LogP contribution in [0.25, 0.3) is 0 Å². The van der Waals surface area contributed by atoms with Crippen LogP contribution in [0.2, 0.25) is 0 Å². The quantitative estimate of drug-likeness (QED) is 0.153. The zero-order chi connectivity index (χ0) is 36.4. The molecule has 4 atom stereocenters. The van der Waals surface area contributed by atoms with E-state index < -0.39 is 11.2 Å². The average molecular weight is 819 g/mol. The topological polar surface area (TPSA) is 79.3 Å². The van der Waals surface area contributed by atoms with Gasteiger partial charge in [-0.25, -0.2) is 9.59 Å². The largest absolute Gasteiger partial charge is 0.438 e. The summed E-state index contributed by atoms with van der Waals surface area (Å²) >= 11 is 6.89. The summed E-state index contributed by atoms with van der Waals surface area (Å²) in [4.78, 5) is 29.2. The number of carbonyl (C=O) groups is 2. The second-order valence-corrected chi connectivity index (χ2v) is 14.9. The second kappa shape index (κ2) is 17.5. The van der Waals surface area contributed by atoms with Crippen molar-refractivity contribution in [3.8, 4) is 0 Å².